The van der Waals surface area contributed by atoms with Crippen molar-refractivity contribution in [1.29, 1.82) is 0 Å². The van der Waals surface area contributed by atoms with Gasteiger partial charge in [0.05, 0.1) is 0 Å². The maximum atomic E-state index is 9.92. The molecule has 0 fully saturated rings. The van der Waals surface area contributed by atoms with E-state index in [1.54, 1.807) is 17.7 Å². The van der Waals surface area contributed by atoms with Gasteiger partial charge >= 0.3 is 0 Å². The van der Waals surface area contributed by atoms with Gasteiger partial charge < -0.3 is 0 Å². The number of allylic oxidation sites excluding steroid dienone is 1. The molecule has 1 heterocycles. The Labute approximate surface area is 51.2 Å². The van der Waals surface area contributed by atoms with Crippen molar-refractivity contribution in [2.24, 2.45) is 5.10 Å². The van der Waals surface area contributed by atoms with Crippen LogP contribution in [0, 0.1) is 0 Å². The first-order valence-electron chi connectivity index (χ1n) is 2.04. The first-order valence-corrected chi connectivity index (χ1v) is 2.87. The van der Waals surface area contributed by atoms with Crippen LogP contribution < -0.4 is 0 Å². The molecule has 0 atom stereocenters. The van der Waals surface area contributed by atoms with Gasteiger partial charge in [0.25, 0.3) is 0 Å². The van der Waals surface area contributed by atoms with Crippen LogP contribution in [0.1, 0.15) is 0 Å². The summed E-state index contributed by atoms with van der Waals surface area (Å²) in [7, 11) is 0. The van der Waals surface area contributed by atoms with E-state index in [1.165, 1.54) is 16.4 Å². The van der Waals surface area contributed by atoms with Gasteiger partial charge in [0.1, 0.15) is 0 Å². The molecule has 3 nitrogen and oxygen atoms in total. The highest BCUT2D eigenvalue weighted by atomic mass is 32.2. The van der Waals surface area contributed by atoms with Crippen molar-refractivity contribution < 1.29 is 4.79 Å². The highest BCUT2D eigenvalue weighted by Crippen LogP contribution is 2.10. The summed E-state index contributed by atoms with van der Waals surface area (Å²) in [5, 5.41) is 5.44. The van der Waals surface area contributed by atoms with Crippen molar-refractivity contribution in [3.63, 3.8) is 0 Å². The summed E-state index contributed by atoms with van der Waals surface area (Å²) < 4.78 is 1.24. The van der Waals surface area contributed by atoms with Crippen LogP contribution in [0.4, 0.5) is 0 Å². The molecule has 0 bridgehead atoms. The molecule has 0 radical (unpaired) electrons. The van der Waals surface area contributed by atoms with Crippen molar-refractivity contribution in [2.45, 2.75) is 0 Å². The minimum atomic E-state index is 0.657. The Morgan fingerprint density at radius 3 is 3.00 bits per heavy atom. The van der Waals surface area contributed by atoms with Crippen molar-refractivity contribution in [1.82, 2.24) is 4.41 Å². The van der Waals surface area contributed by atoms with Gasteiger partial charge in [-0.15, -0.1) is 0 Å². The molecule has 1 aliphatic rings. The monoisotopic (exact) mass is 128 g/mol. The van der Waals surface area contributed by atoms with Crippen molar-refractivity contribution in [2.75, 3.05) is 0 Å². The van der Waals surface area contributed by atoms with Crippen LogP contribution in [0.5, 0.6) is 0 Å². The number of nitrogens with zero attached hydrogens (tertiary/aromatic N) is 2. The Hall–Kier alpha value is -0.770. The number of hydrazone groups is 1. The Morgan fingerprint density at radius 2 is 2.62 bits per heavy atom. The van der Waals surface area contributed by atoms with Gasteiger partial charge in [-0.3, -0.25) is 4.79 Å². The van der Waals surface area contributed by atoms with Crippen LogP contribution >= 0.6 is 11.9 Å². The van der Waals surface area contributed by atoms with Gasteiger partial charge in [-0.2, -0.15) is 9.52 Å². The fourth-order valence-electron chi connectivity index (χ4n) is 0.316. The predicted molar refractivity (Wildman–Crippen MR) is 33.1 cm³/mol. The molecule has 1 rings (SSSR count). The third-order valence-corrected chi connectivity index (χ3v) is 1.28. The van der Waals surface area contributed by atoms with E-state index in [4.69, 9.17) is 0 Å². The second-order valence-electron chi connectivity index (χ2n) is 1.11. The van der Waals surface area contributed by atoms with Gasteiger partial charge in [-0.25, -0.2) is 0 Å². The lowest BCUT2D eigenvalue weighted by Gasteiger charge is -2.06. The zero-order valence-corrected chi connectivity index (χ0v) is 4.84. The average molecular weight is 128 g/mol. The number of amides is 1. The van der Waals surface area contributed by atoms with Gasteiger partial charge in [-0.1, -0.05) is 0 Å². The first kappa shape index (κ1) is 5.37. The quantitative estimate of drug-likeness (QED) is 0.383. The van der Waals surface area contributed by atoms with E-state index in [0.717, 1.165) is 0 Å². The van der Waals surface area contributed by atoms with Crippen LogP contribution in [0.2, 0.25) is 0 Å². The topological polar surface area (TPSA) is 32.7 Å². The van der Waals surface area contributed by atoms with Crippen LogP contribution in [-0.2, 0) is 4.79 Å². The molecule has 0 saturated heterocycles. The average Bonchev–Trinajstić information content (AvgIpc) is 1.90. The lowest BCUT2D eigenvalue weighted by atomic mass is 10.7. The highest BCUT2D eigenvalue weighted by molar-refractivity contribution is 8.00. The van der Waals surface area contributed by atoms with Gasteiger partial charge in [0, 0.05) is 18.2 Å². The number of hydrogen-bond acceptors (Lipinski definition) is 3. The molecule has 0 unspecified atom stereocenters. The number of carbonyl (C=O) groups excluding carboxylic acids is 1. The molecule has 1 aliphatic heterocycles. The van der Waals surface area contributed by atoms with Crippen LogP contribution in [0.15, 0.2) is 16.6 Å². The summed E-state index contributed by atoms with van der Waals surface area (Å²) in [6.07, 6.45) is 3.99. The minimum absolute atomic E-state index is 0.657. The number of hydrogen-bond donors (Lipinski definition) is 0. The fraction of sp³-hybridized carbons (Fsp3) is 0. The van der Waals surface area contributed by atoms with Crippen LogP contribution in [0.3, 0.4) is 0 Å². The number of carbonyl (C=O) groups is 1. The molecular weight excluding hydrogens is 124 g/mol. The molecule has 0 aromatic heterocycles. The van der Waals surface area contributed by atoms with Crippen molar-refractivity contribution in [3.05, 3.63) is 11.5 Å². The second kappa shape index (κ2) is 2.52. The molecule has 0 aromatic rings. The molecule has 42 valence electrons. The standard InChI is InChI=1S/C4H4N2OS/c7-4-6-5-2-1-3-8-6/h1-4H. The zero-order chi connectivity index (χ0) is 5.82. The predicted octanol–water partition coefficient (Wildman–Crippen LogP) is 0.606. The summed E-state index contributed by atoms with van der Waals surface area (Å²) in [6, 6.07) is 0. The van der Waals surface area contributed by atoms with E-state index in [-0.39, 0.29) is 0 Å². The van der Waals surface area contributed by atoms with E-state index >= 15 is 0 Å². The van der Waals surface area contributed by atoms with Crippen LogP contribution in [-0.4, -0.2) is 17.0 Å². The molecule has 0 spiro atoms. The van der Waals surface area contributed by atoms with E-state index in [0.29, 0.717) is 6.41 Å². The Kier molecular flexibility index (Phi) is 1.69. The van der Waals surface area contributed by atoms with E-state index in [2.05, 4.69) is 5.10 Å². The van der Waals surface area contributed by atoms with Crippen molar-refractivity contribution in [3.8, 4) is 0 Å². The summed E-state index contributed by atoms with van der Waals surface area (Å²) in [6.45, 7) is 0. The second-order valence-corrected chi connectivity index (χ2v) is 1.96. The third kappa shape index (κ3) is 1.10. The maximum absolute atomic E-state index is 9.92. The molecule has 0 N–H and O–H groups in total. The summed E-state index contributed by atoms with van der Waals surface area (Å²) in [5.41, 5.74) is 0. The Balaban J connectivity index is 2.51. The largest absolute Gasteiger partial charge is 0.276 e. The summed E-state index contributed by atoms with van der Waals surface area (Å²) in [4.78, 5) is 9.92. The molecule has 8 heavy (non-hydrogen) atoms. The van der Waals surface area contributed by atoms with E-state index in [1.807, 2.05) is 0 Å². The molecule has 1 amide bonds. The molecule has 4 heteroatoms. The van der Waals surface area contributed by atoms with Gasteiger partial charge in [0.2, 0.25) is 6.41 Å². The molecule has 0 aliphatic carbocycles. The minimum Gasteiger partial charge on any atom is -0.276 e. The molecule has 0 saturated carbocycles. The highest BCUT2D eigenvalue weighted by Gasteiger charge is 1.95. The first-order chi connectivity index (χ1) is 3.93. The fourth-order valence-corrected chi connectivity index (χ4v) is 0.740. The third-order valence-electron chi connectivity index (χ3n) is 0.604. The molecular formula is C4H4N2OS. The summed E-state index contributed by atoms with van der Waals surface area (Å²) in [5.74, 6) is 0. The smallest absolute Gasteiger partial charge is 0.240 e. The zero-order valence-electron chi connectivity index (χ0n) is 4.02. The van der Waals surface area contributed by atoms with Gasteiger partial charge in [-0.05, 0) is 11.5 Å². The Bertz CT molecular complexity index is 143. The normalized spacial score (nSPS) is 16.8. The van der Waals surface area contributed by atoms with E-state index in [9.17, 15) is 4.79 Å². The number of rotatable bonds is 1. The summed E-state index contributed by atoms with van der Waals surface area (Å²) >= 11 is 1.25. The Morgan fingerprint density at radius 1 is 1.75 bits per heavy atom. The lowest BCUT2D eigenvalue weighted by molar-refractivity contribution is -0.113. The SMILES string of the molecule is O=CN1N=CC=CS1. The lowest BCUT2D eigenvalue weighted by Crippen LogP contribution is -2.04. The van der Waals surface area contributed by atoms with Crippen molar-refractivity contribution >= 4 is 24.6 Å². The molecule has 0 aromatic carbocycles. The van der Waals surface area contributed by atoms with Crippen LogP contribution in [0.25, 0.3) is 0 Å². The van der Waals surface area contributed by atoms with Gasteiger partial charge in [0.15, 0.2) is 0 Å². The maximum Gasteiger partial charge on any atom is 0.240 e. The van der Waals surface area contributed by atoms with E-state index < -0.39 is 0 Å².